The van der Waals surface area contributed by atoms with E-state index in [4.69, 9.17) is 9.47 Å². The molecule has 0 atom stereocenters. The summed E-state index contributed by atoms with van der Waals surface area (Å²) in [6.07, 6.45) is 4.12. The van der Waals surface area contributed by atoms with Gasteiger partial charge in [0.1, 0.15) is 11.5 Å². The van der Waals surface area contributed by atoms with E-state index in [0.29, 0.717) is 6.42 Å². The van der Waals surface area contributed by atoms with E-state index < -0.39 is 0 Å². The maximum atomic E-state index is 5.15. The molecule has 0 spiro atoms. The Bertz CT molecular complexity index is 1120. The van der Waals surface area contributed by atoms with Crippen molar-refractivity contribution >= 4 is 45.4 Å². The molecular weight excluding hydrogens is 456 g/mol. The lowest BCUT2D eigenvalue weighted by Crippen LogP contribution is -1.94. The average Bonchev–Trinajstić information content (AvgIpc) is 3.49. The molecule has 10 heteroatoms. The largest absolute Gasteiger partial charge is 0.497 e. The summed E-state index contributed by atoms with van der Waals surface area (Å²) in [4.78, 5) is 9.13. The van der Waals surface area contributed by atoms with Gasteiger partial charge in [-0.3, -0.25) is 10.9 Å². The topological polar surface area (TPSA) is 93.0 Å². The van der Waals surface area contributed by atoms with Gasteiger partial charge in [-0.15, -0.1) is 22.7 Å². The first-order chi connectivity index (χ1) is 16.2. The average molecular weight is 479 g/mol. The number of methoxy groups -OCH3 is 2. The van der Waals surface area contributed by atoms with Crippen molar-refractivity contribution in [1.82, 2.24) is 9.97 Å². The Kier molecular flexibility index (Phi) is 7.62. The third kappa shape index (κ3) is 6.61. The molecule has 168 valence electrons. The lowest BCUT2D eigenvalue weighted by atomic mass is 10.2. The number of hydrogen-bond donors (Lipinski definition) is 2. The summed E-state index contributed by atoms with van der Waals surface area (Å²) in [5, 5.41) is 13.9. The molecule has 2 aromatic heterocycles. The van der Waals surface area contributed by atoms with Gasteiger partial charge in [0.15, 0.2) is 0 Å². The van der Waals surface area contributed by atoms with Crippen molar-refractivity contribution in [2.75, 3.05) is 25.1 Å². The SMILES string of the molecule is COc1ccc(/C=N/Nc2nc(Cc3csc(N/N=C/c4ccc(OC)cc4)n3)cs2)cc1. The van der Waals surface area contributed by atoms with Gasteiger partial charge in [0, 0.05) is 17.2 Å². The van der Waals surface area contributed by atoms with Gasteiger partial charge in [-0.05, 0) is 59.7 Å². The first kappa shape index (κ1) is 22.4. The Morgan fingerprint density at radius 1 is 0.727 bits per heavy atom. The molecule has 8 nitrogen and oxygen atoms in total. The number of ether oxygens (including phenoxy) is 2. The van der Waals surface area contributed by atoms with Crippen molar-refractivity contribution in [2.24, 2.45) is 10.2 Å². The number of rotatable bonds is 10. The molecule has 0 amide bonds. The molecule has 0 saturated carbocycles. The lowest BCUT2D eigenvalue weighted by molar-refractivity contribution is 0.414. The highest BCUT2D eigenvalue weighted by atomic mass is 32.1. The zero-order valence-corrected chi connectivity index (χ0v) is 19.7. The van der Waals surface area contributed by atoms with E-state index in [1.54, 1.807) is 26.6 Å². The molecule has 0 fully saturated rings. The monoisotopic (exact) mass is 478 g/mol. The molecule has 0 aliphatic heterocycles. The van der Waals surface area contributed by atoms with Gasteiger partial charge in [-0.25, -0.2) is 9.97 Å². The van der Waals surface area contributed by atoms with Crippen LogP contribution in [0.5, 0.6) is 11.5 Å². The number of benzene rings is 2. The van der Waals surface area contributed by atoms with Crippen LogP contribution in [-0.2, 0) is 6.42 Å². The first-order valence-electron chi connectivity index (χ1n) is 9.97. The van der Waals surface area contributed by atoms with E-state index in [9.17, 15) is 0 Å². The minimum atomic E-state index is 0.640. The van der Waals surface area contributed by atoms with E-state index >= 15 is 0 Å². The maximum Gasteiger partial charge on any atom is 0.203 e. The third-order valence-electron chi connectivity index (χ3n) is 4.44. The zero-order chi connectivity index (χ0) is 22.9. The summed E-state index contributed by atoms with van der Waals surface area (Å²) < 4.78 is 10.3. The van der Waals surface area contributed by atoms with Crippen LogP contribution in [0.4, 0.5) is 10.3 Å². The predicted molar refractivity (Wildman–Crippen MR) is 135 cm³/mol. The summed E-state index contributed by atoms with van der Waals surface area (Å²) in [5.41, 5.74) is 9.75. The molecule has 0 unspecified atom stereocenters. The van der Waals surface area contributed by atoms with Crippen LogP contribution in [-0.4, -0.2) is 36.6 Å². The van der Waals surface area contributed by atoms with E-state index in [2.05, 4.69) is 31.0 Å². The van der Waals surface area contributed by atoms with Gasteiger partial charge in [0.05, 0.1) is 38.0 Å². The van der Waals surface area contributed by atoms with Crippen LogP contribution in [0.1, 0.15) is 22.5 Å². The van der Waals surface area contributed by atoms with Crippen molar-refractivity contribution in [3.8, 4) is 11.5 Å². The number of aromatic nitrogens is 2. The number of nitrogens with zero attached hydrogens (tertiary/aromatic N) is 4. The minimum Gasteiger partial charge on any atom is -0.497 e. The summed E-state index contributed by atoms with van der Waals surface area (Å²) >= 11 is 3.00. The highest BCUT2D eigenvalue weighted by molar-refractivity contribution is 7.14. The fraction of sp³-hybridized carbons (Fsp3) is 0.130. The van der Waals surface area contributed by atoms with Crippen LogP contribution < -0.4 is 20.3 Å². The second kappa shape index (κ2) is 11.2. The van der Waals surface area contributed by atoms with Crippen LogP contribution in [0.2, 0.25) is 0 Å². The van der Waals surface area contributed by atoms with Gasteiger partial charge in [-0.2, -0.15) is 10.2 Å². The third-order valence-corrected chi connectivity index (χ3v) is 6.04. The van der Waals surface area contributed by atoms with Crippen LogP contribution in [0.3, 0.4) is 0 Å². The van der Waals surface area contributed by atoms with E-state index in [-0.39, 0.29) is 0 Å². The van der Waals surface area contributed by atoms with Crippen LogP contribution in [0.25, 0.3) is 0 Å². The van der Waals surface area contributed by atoms with E-state index in [1.165, 1.54) is 22.7 Å². The molecular formula is C23H22N6O2S2. The predicted octanol–water partition coefficient (Wildman–Crippen LogP) is 5.10. The van der Waals surface area contributed by atoms with Gasteiger partial charge in [-0.1, -0.05) is 0 Å². The quantitative estimate of drug-likeness (QED) is 0.243. The number of nitrogens with one attached hydrogen (secondary N) is 2. The normalized spacial score (nSPS) is 11.2. The van der Waals surface area contributed by atoms with Crippen molar-refractivity contribution in [3.05, 3.63) is 81.8 Å². The van der Waals surface area contributed by atoms with Gasteiger partial charge in [0.25, 0.3) is 0 Å². The number of hydrogen-bond acceptors (Lipinski definition) is 10. The summed E-state index contributed by atoms with van der Waals surface area (Å²) in [7, 11) is 3.29. The smallest absolute Gasteiger partial charge is 0.203 e. The van der Waals surface area contributed by atoms with Gasteiger partial charge in [0.2, 0.25) is 10.3 Å². The highest BCUT2D eigenvalue weighted by Crippen LogP contribution is 2.21. The van der Waals surface area contributed by atoms with E-state index in [1.807, 2.05) is 59.3 Å². The number of thiazole rings is 2. The second-order valence-corrected chi connectivity index (χ2v) is 8.47. The Labute approximate surface area is 199 Å². The molecule has 2 N–H and O–H groups in total. The molecule has 4 aromatic rings. The summed E-state index contributed by atoms with van der Waals surface area (Å²) in [6.45, 7) is 0. The van der Waals surface area contributed by atoms with Crippen molar-refractivity contribution in [3.63, 3.8) is 0 Å². The number of anilines is 2. The molecule has 33 heavy (non-hydrogen) atoms. The molecule has 0 saturated heterocycles. The first-order valence-corrected chi connectivity index (χ1v) is 11.7. The van der Waals surface area contributed by atoms with Crippen LogP contribution >= 0.6 is 22.7 Å². The Balaban J connectivity index is 1.26. The molecule has 0 aliphatic rings. The number of hydrazone groups is 2. The van der Waals surface area contributed by atoms with Crippen molar-refractivity contribution in [1.29, 1.82) is 0 Å². The molecule has 2 aromatic carbocycles. The van der Waals surface area contributed by atoms with Crippen molar-refractivity contribution < 1.29 is 9.47 Å². The Morgan fingerprint density at radius 3 is 1.55 bits per heavy atom. The van der Waals surface area contributed by atoms with Gasteiger partial charge >= 0.3 is 0 Å². The Hall–Kier alpha value is -3.76. The standard InChI is InChI=1S/C23H22N6O2S2/c1-30-20-7-3-16(4-8-20)12-24-28-22-26-18(14-32-22)11-19-15-33-23(27-19)29-25-13-17-5-9-21(31-2)10-6-17/h3-10,12-15H,11H2,1-2H3,(H,26,28)(H,27,29)/b24-12+,25-13+. The molecule has 0 radical (unpaired) electrons. The summed E-state index contributed by atoms with van der Waals surface area (Å²) in [5.74, 6) is 1.63. The molecule has 0 bridgehead atoms. The summed E-state index contributed by atoms with van der Waals surface area (Å²) in [6, 6.07) is 15.3. The Morgan fingerprint density at radius 2 is 1.15 bits per heavy atom. The van der Waals surface area contributed by atoms with Crippen LogP contribution in [0.15, 0.2) is 69.5 Å². The maximum absolute atomic E-state index is 5.15. The van der Waals surface area contributed by atoms with Crippen LogP contribution in [0, 0.1) is 0 Å². The molecule has 0 aliphatic carbocycles. The molecule has 2 heterocycles. The van der Waals surface area contributed by atoms with E-state index in [0.717, 1.165) is 44.3 Å². The molecule has 4 rings (SSSR count). The fourth-order valence-corrected chi connectivity index (χ4v) is 4.09. The lowest BCUT2D eigenvalue weighted by Gasteiger charge is -1.99. The second-order valence-electron chi connectivity index (χ2n) is 6.75. The highest BCUT2D eigenvalue weighted by Gasteiger charge is 2.06. The van der Waals surface area contributed by atoms with Gasteiger partial charge < -0.3 is 9.47 Å². The fourth-order valence-electron chi connectivity index (χ4n) is 2.77. The van der Waals surface area contributed by atoms with Crippen molar-refractivity contribution in [2.45, 2.75) is 6.42 Å². The minimum absolute atomic E-state index is 0.640. The zero-order valence-electron chi connectivity index (χ0n) is 18.1.